The van der Waals surface area contributed by atoms with E-state index in [1.807, 2.05) is 43.3 Å². The number of hydrogen-bond acceptors (Lipinski definition) is 3. The van der Waals surface area contributed by atoms with Gasteiger partial charge in [0.25, 0.3) is 0 Å². The molecule has 0 radical (unpaired) electrons. The van der Waals surface area contributed by atoms with E-state index in [-0.39, 0.29) is 5.91 Å². The van der Waals surface area contributed by atoms with Gasteiger partial charge in [0.2, 0.25) is 5.91 Å². The molecule has 0 aliphatic heterocycles. The summed E-state index contributed by atoms with van der Waals surface area (Å²) in [6.45, 7) is 2.45. The van der Waals surface area contributed by atoms with Crippen molar-refractivity contribution in [2.45, 2.75) is 24.8 Å². The number of carbonyl (C=O) groups excluding carboxylic acids is 1. The molecule has 3 nitrogen and oxygen atoms in total. The maximum absolute atomic E-state index is 11.8. The van der Waals surface area contributed by atoms with Gasteiger partial charge in [-0.15, -0.1) is 12.6 Å². The molecule has 0 spiro atoms. The summed E-state index contributed by atoms with van der Waals surface area (Å²) in [5.74, 6) is 0.00693. The number of hydrogen-bond donors (Lipinski definition) is 2. The average Bonchev–Trinajstić information content (AvgIpc) is 2.41. The molecule has 0 unspecified atom stereocenters. The monoisotopic (exact) mass is 272 g/mol. The second-order valence-electron chi connectivity index (χ2n) is 4.43. The second kappa shape index (κ2) is 6.38. The zero-order valence-corrected chi connectivity index (χ0v) is 11.7. The Morgan fingerprint density at radius 2 is 1.84 bits per heavy atom. The van der Waals surface area contributed by atoms with Gasteiger partial charge in [-0.05, 0) is 36.2 Å². The number of benzene rings is 1. The maximum Gasteiger partial charge on any atom is 0.224 e. The Morgan fingerprint density at radius 1 is 1.16 bits per heavy atom. The van der Waals surface area contributed by atoms with Crippen LogP contribution in [0.3, 0.4) is 0 Å². The van der Waals surface area contributed by atoms with E-state index < -0.39 is 0 Å². The zero-order valence-electron chi connectivity index (χ0n) is 10.8. The summed E-state index contributed by atoms with van der Waals surface area (Å²) in [5.41, 5.74) is 2.96. The SMILES string of the molecule is Cc1ccc(CNC(=O)Cc2ccc(S)cc2)cn1. The molecule has 98 valence electrons. The minimum atomic E-state index is 0.00693. The lowest BCUT2D eigenvalue weighted by molar-refractivity contribution is -0.120. The predicted octanol–water partition coefficient (Wildman–Crippen LogP) is 2.54. The number of thiol groups is 1. The Hall–Kier alpha value is -1.81. The van der Waals surface area contributed by atoms with Gasteiger partial charge < -0.3 is 5.32 Å². The summed E-state index contributed by atoms with van der Waals surface area (Å²) in [5, 5.41) is 2.88. The summed E-state index contributed by atoms with van der Waals surface area (Å²) >= 11 is 4.21. The molecule has 0 saturated heterocycles. The van der Waals surface area contributed by atoms with E-state index in [1.54, 1.807) is 6.20 Å². The molecule has 0 saturated carbocycles. The van der Waals surface area contributed by atoms with Crippen molar-refractivity contribution in [3.63, 3.8) is 0 Å². The number of rotatable bonds is 4. The van der Waals surface area contributed by atoms with E-state index in [4.69, 9.17) is 0 Å². The highest BCUT2D eigenvalue weighted by Crippen LogP contribution is 2.08. The minimum absolute atomic E-state index is 0.00693. The molecule has 1 N–H and O–H groups in total. The second-order valence-corrected chi connectivity index (χ2v) is 4.94. The molecule has 1 aromatic carbocycles. The third-order valence-electron chi connectivity index (χ3n) is 2.76. The van der Waals surface area contributed by atoms with Gasteiger partial charge in [-0.1, -0.05) is 18.2 Å². The number of amides is 1. The molecular weight excluding hydrogens is 256 g/mol. The highest BCUT2D eigenvalue weighted by atomic mass is 32.1. The van der Waals surface area contributed by atoms with Gasteiger partial charge in [-0.3, -0.25) is 9.78 Å². The van der Waals surface area contributed by atoms with Crippen molar-refractivity contribution >= 4 is 18.5 Å². The molecule has 0 bridgehead atoms. The summed E-state index contributed by atoms with van der Waals surface area (Å²) in [4.78, 5) is 16.9. The molecule has 19 heavy (non-hydrogen) atoms. The van der Waals surface area contributed by atoms with Gasteiger partial charge in [-0.2, -0.15) is 0 Å². The van der Waals surface area contributed by atoms with Crippen LogP contribution in [0.25, 0.3) is 0 Å². The van der Waals surface area contributed by atoms with Crippen LogP contribution >= 0.6 is 12.6 Å². The minimum Gasteiger partial charge on any atom is -0.352 e. The summed E-state index contributed by atoms with van der Waals surface area (Å²) in [6.07, 6.45) is 2.17. The molecule has 1 aromatic heterocycles. The lowest BCUT2D eigenvalue weighted by Crippen LogP contribution is -2.24. The van der Waals surface area contributed by atoms with Crippen molar-refractivity contribution in [2.75, 3.05) is 0 Å². The fourth-order valence-corrected chi connectivity index (χ4v) is 1.81. The number of aromatic nitrogens is 1. The van der Waals surface area contributed by atoms with Crippen molar-refractivity contribution in [3.8, 4) is 0 Å². The van der Waals surface area contributed by atoms with Crippen molar-refractivity contribution in [1.82, 2.24) is 10.3 Å². The highest BCUT2D eigenvalue weighted by Gasteiger charge is 2.03. The standard InChI is InChI=1S/C15H16N2OS/c1-11-2-3-13(9-16-11)10-17-15(18)8-12-4-6-14(19)7-5-12/h2-7,9,19H,8,10H2,1H3,(H,17,18). The van der Waals surface area contributed by atoms with Crippen LogP contribution in [0.5, 0.6) is 0 Å². The molecule has 1 heterocycles. The normalized spacial score (nSPS) is 10.2. The topological polar surface area (TPSA) is 42.0 Å². The predicted molar refractivity (Wildman–Crippen MR) is 78.2 cm³/mol. The van der Waals surface area contributed by atoms with Gasteiger partial charge in [0, 0.05) is 23.3 Å². The molecule has 0 fully saturated rings. The first-order valence-corrected chi connectivity index (χ1v) is 6.54. The highest BCUT2D eigenvalue weighted by molar-refractivity contribution is 7.80. The molecule has 0 aliphatic carbocycles. The lowest BCUT2D eigenvalue weighted by atomic mass is 10.1. The largest absolute Gasteiger partial charge is 0.352 e. The number of nitrogens with one attached hydrogen (secondary N) is 1. The third kappa shape index (κ3) is 4.41. The molecule has 2 aromatic rings. The van der Waals surface area contributed by atoms with Crippen LogP contribution in [0.1, 0.15) is 16.8 Å². The van der Waals surface area contributed by atoms with E-state index in [0.29, 0.717) is 13.0 Å². The van der Waals surface area contributed by atoms with E-state index in [2.05, 4.69) is 22.9 Å². The van der Waals surface area contributed by atoms with Crippen LogP contribution in [0.2, 0.25) is 0 Å². The Morgan fingerprint density at radius 3 is 2.47 bits per heavy atom. The first kappa shape index (κ1) is 13.6. The zero-order chi connectivity index (χ0) is 13.7. The lowest BCUT2D eigenvalue weighted by Gasteiger charge is -2.06. The molecule has 4 heteroatoms. The van der Waals surface area contributed by atoms with Crippen molar-refractivity contribution in [3.05, 3.63) is 59.4 Å². The number of carbonyl (C=O) groups is 1. The van der Waals surface area contributed by atoms with Crippen molar-refractivity contribution < 1.29 is 4.79 Å². The van der Waals surface area contributed by atoms with Crippen LogP contribution in [0, 0.1) is 6.92 Å². The fourth-order valence-electron chi connectivity index (χ4n) is 1.67. The van der Waals surface area contributed by atoms with Gasteiger partial charge in [0.1, 0.15) is 0 Å². The van der Waals surface area contributed by atoms with E-state index in [0.717, 1.165) is 21.7 Å². The Labute approximate surface area is 118 Å². The molecule has 0 aliphatic rings. The van der Waals surface area contributed by atoms with Gasteiger partial charge in [-0.25, -0.2) is 0 Å². The molecule has 2 rings (SSSR count). The molecule has 1 amide bonds. The average molecular weight is 272 g/mol. The van der Waals surface area contributed by atoms with Crippen LogP contribution in [0.4, 0.5) is 0 Å². The Kier molecular flexibility index (Phi) is 4.58. The van der Waals surface area contributed by atoms with Crippen LogP contribution in [0.15, 0.2) is 47.5 Å². The fraction of sp³-hybridized carbons (Fsp3) is 0.200. The third-order valence-corrected chi connectivity index (χ3v) is 3.06. The Bertz CT molecular complexity index is 549. The number of nitrogens with zero attached hydrogens (tertiary/aromatic N) is 1. The van der Waals surface area contributed by atoms with Crippen LogP contribution in [-0.4, -0.2) is 10.9 Å². The molecular formula is C15H16N2OS. The maximum atomic E-state index is 11.8. The first-order chi connectivity index (χ1) is 9.13. The number of pyridine rings is 1. The first-order valence-electron chi connectivity index (χ1n) is 6.09. The Balaban J connectivity index is 1.84. The van der Waals surface area contributed by atoms with Crippen LogP contribution < -0.4 is 5.32 Å². The summed E-state index contributed by atoms with van der Waals surface area (Å²) in [6, 6.07) is 11.5. The van der Waals surface area contributed by atoms with E-state index >= 15 is 0 Å². The van der Waals surface area contributed by atoms with Crippen molar-refractivity contribution in [2.24, 2.45) is 0 Å². The summed E-state index contributed by atoms with van der Waals surface area (Å²) in [7, 11) is 0. The quantitative estimate of drug-likeness (QED) is 0.840. The van der Waals surface area contributed by atoms with Crippen molar-refractivity contribution in [1.29, 1.82) is 0 Å². The van der Waals surface area contributed by atoms with Gasteiger partial charge in [0.05, 0.1) is 6.42 Å². The van der Waals surface area contributed by atoms with Gasteiger partial charge >= 0.3 is 0 Å². The van der Waals surface area contributed by atoms with Gasteiger partial charge in [0.15, 0.2) is 0 Å². The smallest absolute Gasteiger partial charge is 0.224 e. The van der Waals surface area contributed by atoms with E-state index in [1.165, 1.54) is 0 Å². The number of aryl methyl sites for hydroxylation is 1. The van der Waals surface area contributed by atoms with Crippen LogP contribution in [-0.2, 0) is 17.8 Å². The summed E-state index contributed by atoms with van der Waals surface area (Å²) < 4.78 is 0. The van der Waals surface area contributed by atoms with E-state index in [9.17, 15) is 4.79 Å². The molecule has 0 atom stereocenters.